The summed E-state index contributed by atoms with van der Waals surface area (Å²) in [4.78, 5) is 10.6. The molecule has 0 amide bonds. The molecule has 0 spiro atoms. The van der Waals surface area contributed by atoms with E-state index in [0.717, 1.165) is 44.2 Å². The van der Waals surface area contributed by atoms with Gasteiger partial charge in [-0.2, -0.15) is 0 Å². The zero-order valence-electron chi connectivity index (χ0n) is 11.0. The van der Waals surface area contributed by atoms with E-state index in [1.807, 2.05) is 6.07 Å². The van der Waals surface area contributed by atoms with Crippen molar-refractivity contribution >= 4 is 11.6 Å². The molecule has 1 aromatic heterocycles. The van der Waals surface area contributed by atoms with Gasteiger partial charge in [0.05, 0.1) is 0 Å². The molecule has 1 rings (SSSR count). The van der Waals surface area contributed by atoms with Crippen LogP contribution in [0.5, 0.6) is 0 Å². The molecule has 2 N–H and O–H groups in total. The van der Waals surface area contributed by atoms with Crippen LogP contribution in [0, 0.1) is 0 Å². The molecule has 5 nitrogen and oxygen atoms in total. The highest BCUT2D eigenvalue weighted by atomic mass is 15.1. The van der Waals surface area contributed by atoms with Crippen molar-refractivity contribution in [1.82, 2.24) is 14.9 Å². The quantitative estimate of drug-likeness (QED) is 0.720. The lowest BCUT2D eigenvalue weighted by atomic mass is 10.4. The van der Waals surface area contributed by atoms with Gasteiger partial charge in [-0.15, -0.1) is 0 Å². The van der Waals surface area contributed by atoms with Crippen molar-refractivity contribution in [2.75, 3.05) is 43.9 Å². The molecule has 0 aliphatic rings. The minimum atomic E-state index is 0.878. The Labute approximate surface area is 104 Å². The van der Waals surface area contributed by atoms with E-state index in [2.05, 4.69) is 46.4 Å². The van der Waals surface area contributed by atoms with Crippen LogP contribution in [-0.4, -0.2) is 48.1 Å². The minimum Gasteiger partial charge on any atom is -0.370 e. The van der Waals surface area contributed by atoms with Crippen molar-refractivity contribution in [3.63, 3.8) is 0 Å². The first kappa shape index (κ1) is 13.7. The normalized spacial score (nSPS) is 10.6. The average molecular weight is 237 g/mol. The first-order valence-electron chi connectivity index (χ1n) is 6.24. The van der Waals surface area contributed by atoms with Gasteiger partial charge in [0.25, 0.3) is 0 Å². The second-order valence-electron chi connectivity index (χ2n) is 4.04. The van der Waals surface area contributed by atoms with Crippen LogP contribution in [0.3, 0.4) is 0 Å². The molecule has 0 saturated heterocycles. The van der Waals surface area contributed by atoms with Crippen molar-refractivity contribution in [3.8, 4) is 0 Å². The van der Waals surface area contributed by atoms with Crippen molar-refractivity contribution in [3.05, 3.63) is 12.4 Å². The zero-order chi connectivity index (χ0) is 12.5. The number of likely N-dealkylation sites (N-methyl/N-ethyl adjacent to an activating group) is 1. The van der Waals surface area contributed by atoms with Gasteiger partial charge < -0.3 is 15.5 Å². The van der Waals surface area contributed by atoms with E-state index in [9.17, 15) is 0 Å². The number of anilines is 2. The summed E-state index contributed by atoms with van der Waals surface area (Å²) in [5.41, 5.74) is 0. The lowest BCUT2D eigenvalue weighted by molar-refractivity contribution is 0.367. The van der Waals surface area contributed by atoms with Gasteiger partial charge in [0.2, 0.25) is 0 Å². The van der Waals surface area contributed by atoms with Crippen molar-refractivity contribution in [1.29, 1.82) is 0 Å². The van der Waals surface area contributed by atoms with Gasteiger partial charge in [0.15, 0.2) is 0 Å². The maximum absolute atomic E-state index is 4.19. The molecule has 0 atom stereocenters. The summed E-state index contributed by atoms with van der Waals surface area (Å²) in [5.74, 6) is 1.76. The van der Waals surface area contributed by atoms with Crippen LogP contribution >= 0.6 is 0 Å². The molecule has 0 fully saturated rings. The maximum Gasteiger partial charge on any atom is 0.131 e. The fourth-order valence-corrected chi connectivity index (χ4v) is 1.34. The summed E-state index contributed by atoms with van der Waals surface area (Å²) in [6.45, 7) is 8.20. The summed E-state index contributed by atoms with van der Waals surface area (Å²) < 4.78 is 0. The zero-order valence-corrected chi connectivity index (χ0v) is 11.0. The van der Waals surface area contributed by atoms with Crippen molar-refractivity contribution in [2.45, 2.75) is 20.3 Å². The second kappa shape index (κ2) is 7.84. The summed E-state index contributed by atoms with van der Waals surface area (Å²) in [5, 5.41) is 6.54. The Bertz CT molecular complexity index is 316. The molecule has 1 aromatic rings. The van der Waals surface area contributed by atoms with E-state index < -0.39 is 0 Å². The lowest BCUT2D eigenvalue weighted by Gasteiger charge is -2.14. The van der Waals surface area contributed by atoms with Gasteiger partial charge in [0.1, 0.15) is 18.0 Å². The minimum absolute atomic E-state index is 0.878. The summed E-state index contributed by atoms with van der Waals surface area (Å²) >= 11 is 0. The average Bonchev–Trinajstić information content (AvgIpc) is 2.36. The number of hydrogen-bond acceptors (Lipinski definition) is 5. The molecule has 0 unspecified atom stereocenters. The predicted molar refractivity (Wildman–Crippen MR) is 72.5 cm³/mol. The Morgan fingerprint density at radius 1 is 1.12 bits per heavy atom. The van der Waals surface area contributed by atoms with E-state index in [-0.39, 0.29) is 0 Å². The summed E-state index contributed by atoms with van der Waals surface area (Å²) in [6, 6.07) is 1.95. The molecule has 0 aliphatic heterocycles. The lowest BCUT2D eigenvalue weighted by Crippen LogP contribution is -2.24. The number of nitrogens with one attached hydrogen (secondary N) is 2. The summed E-state index contributed by atoms with van der Waals surface area (Å²) in [6.07, 6.45) is 2.68. The molecule has 0 saturated carbocycles. The third-order valence-electron chi connectivity index (χ3n) is 2.56. The largest absolute Gasteiger partial charge is 0.370 e. The molecule has 1 heterocycles. The molecular weight excluding hydrogens is 214 g/mol. The Balaban J connectivity index is 2.37. The number of hydrogen-bond donors (Lipinski definition) is 2. The van der Waals surface area contributed by atoms with Crippen LogP contribution in [0.4, 0.5) is 11.6 Å². The monoisotopic (exact) mass is 237 g/mol. The smallest absolute Gasteiger partial charge is 0.131 e. The molecule has 96 valence electrons. The number of aromatic nitrogens is 2. The van der Waals surface area contributed by atoms with E-state index in [1.165, 1.54) is 0 Å². The van der Waals surface area contributed by atoms with Gasteiger partial charge in [0, 0.05) is 25.7 Å². The van der Waals surface area contributed by atoms with E-state index in [4.69, 9.17) is 0 Å². The standard InChI is InChI=1S/C12H23N5/c1-4-6-13-11-9-12(16-10-15-11)14-7-8-17(3)5-2/h9-10H,4-8H2,1-3H3,(H2,13,14,15,16). The van der Waals surface area contributed by atoms with Gasteiger partial charge in [-0.1, -0.05) is 13.8 Å². The van der Waals surface area contributed by atoms with Crippen LogP contribution in [-0.2, 0) is 0 Å². The fourth-order valence-electron chi connectivity index (χ4n) is 1.34. The van der Waals surface area contributed by atoms with Gasteiger partial charge >= 0.3 is 0 Å². The molecule has 0 aromatic carbocycles. The molecule has 0 radical (unpaired) electrons. The number of rotatable bonds is 8. The van der Waals surface area contributed by atoms with E-state index >= 15 is 0 Å². The van der Waals surface area contributed by atoms with Crippen LogP contribution in [0.2, 0.25) is 0 Å². The van der Waals surface area contributed by atoms with Gasteiger partial charge in [-0.3, -0.25) is 0 Å². The highest BCUT2D eigenvalue weighted by Gasteiger charge is 1.98. The predicted octanol–water partition coefficient (Wildman–Crippen LogP) is 1.66. The third kappa shape index (κ3) is 5.49. The first-order chi connectivity index (χ1) is 8.26. The Morgan fingerprint density at radius 3 is 2.35 bits per heavy atom. The fraction of sp³-hybridized carbons (Fsp3) is 0.667. The molecule has 0 aliphatic carbocycles. The topological polar surface area (TPSA) is 53.1 Å². The Hall–Kier alpha value is -1.36. The van der Waals surface area contributed by atoms with Gasteiger partial charge in [-0.05, 0) is 20.0 Å². The Morgan fingerprint density at radius 2 is 1.76 bits per heavy atom. The van der Waals surface area contributed by atoms with Crippen LogP contribution in [0.15, 0.2) is 12.4 Å². The SMILES string of the molecule is CCCNc1cc(NCCN(C)CC)ncn1. The molecule has 0 bridgehead atoms. The molecule has 17 heavy (non-hydrogen) atoms. The first-order valence-corrected chi connectivity index (χ1v) is 6.24. The molecular formula is C12H23N5. The number of nitrogens with zero attached hydrogens (tertiary/aromatic N) is 3. The third-order valence-corrected chi connectivity index (χ3v) is 2.56. The Kier molecular flexibility index (Phi) is 6.32. The second-order valence-corrected chi connectivity index (χ2v) is 4.04. The van der Waals surface area contributed by atoms with Crippen molar-refractivity contribution < 1.29 is 0 Å². The highest BCUT2D eigenvalue weighted by molar-refractivity contribution is 5.46. The van der Waals surface area contributed by atoms with Crippen LogP contribution in [0.25, 0.3) is 0 Å². The van der Waals surface area contributed by atoms with Crippen molar-refractivity contribution in [2.24, 2.45) is 0 Å². The van der Waals surface area contributed by atoms with Crippen LogP contribution in [0.1, 0.15) is 20.3 Å². The highest BCUT2D eigenvalue weighted by Crippen LogP contribution is 2.07. The molecule has 5 heteroatoms. The van der Waals surface area contributed by atoms with Crippen LogP contribution < -0.4 is 10.6 Å². The van der Waals surface area contributed by atoms with E-state index in [0.29, 0.717) is 0 Å². The summed E-state index contributed by atoms with van der Waals surface area (Å²) in [7, 11) is 2.11. The van der Waals surface area contributed by atoms with Gasteiger partial charge in [-0.25, -0.2) is 9.97 Å². The van der Waals surface area contributed by atoms with E-state index in [1.54, 1.807) is 6.33 Å². The maximum atomic E-state index is 4.19.